The standard InChI is InChI=1S/C14H11ClN2OS2/c1-8-13(15)14(20-17-8)16-12(18)7-9-2-3-10-4-5-19-11(10)6-9/h2-6H,7H2,1H3,(H,16,18). The molecule has 2 heterocycles. The van der Waals surface area contributed by atoms with E-state index in [0.29, 0.717) is 16.4 Å². The van der Waals surface area contributed by atoms with Gasteiger partial charge in [-0.05, 0) is 46.9 Å². The molecule has 20 heavy (non-hydrogen) atoms. The third-order valence-electron chi connectivity index (χ3n) is 2.93. The summed E-state index contributed by atoms with van der Waals surface area (Å²) in [4.78, 5) is 12.0. The second kappa shape index (κ2) is 5.52. The van der Waals surface area contributed by atoms with Gasteiger partial charge in [0.15, 0.2) is 0 Å². The Kier molecular flexibility index (Phi) is 3.74. The number of thiophene rings is 1. The van der Waals surface area contributed by atoms with Crippen LogP contribution in [0.3, 0.4) is 0 Å². The number of anilines is 1. The second-order valence-electron chi connectivity index (χ2n) is 4.43. The topological polar surface area (TPSA) is 42.0 Å². The molecule has 1 N–H and O–H groups in total. The monoisotopic (exact) mass is 322 g/mol. The van der Waals surface area contributed by atoms with Gasteiger partial charge in [0.1, 0.15) is 5.00 Å². The molecule has 0 unspecified atom stereocenters. The molecule has 0 radical (unpaired) electrons. The largest absolute Gasteiger partial charge is 0.315 e. The highest BCUT2D eigenvalue weighted by Gasteiger charge is 2.12. The quantitative estimate of drug-likeness (QED) is 0.771. The van der Waals surface area contributed by atoms with Gasteiger partial charge in [0.25, 0.3) is 0 Å². The molecule has 1 amide bonds. The summed E-state index contributed by atoms with van der Waals surface area (Å²) in [6.45, 7) is 1.82. The van der Waals surface area contributed by atoms with Gasteiger partial charge in [-0.3, -0.25) is 4.79 Å². The lowest BCUT2D eigenvalue weighted by Gasteiger charge is -2.03. The van der Waals surface area contributed by atoms with E-state index in [9.17, 15) is 4.79 Å². The molecule has 3 aromatic rings. The van der Waals surface area contributed by atoms with Crippen LogP contribution in [-0.2, 0) is 11.2 Å². The number of halogens is 1. The first-order valence-corrected chi connectivity index (χ1v) is 8.04. The van der Waals surface area contributed by atoms with E-state index in [1.54, 1.807) is 11.3 Å². The van der Waals surface area contributed by atoms with Crippen LogP contribution in [0.25, 0.3) is 10.1 Å². The van der Waals surface area contributed by atoms with Gasteiger partial charge in [-0.15, -0.1) is 11.3 Å². The van der Waals surface area contributed by atoms with Crippen LogP contribution < -0.4 is 5.32 Å². The van der Waals surface area contributed by atoms with Gasteiger partial charge in [-0.2, -0.15) is 4.37 Å². The average molecular weight is 323 g/mol. The number of carbonyl (C=O) groups is 1. The number of carbonyl (C=O) groups excluding carboxylic acids is 1. The van der Waals surface area contributed by atoms with Crippen molar-refractivity contribution < 1.29 is 4.79 Å². The molecule has 3 rings (SSSR count). The minimum atomic E-state index is -0.0774. The van der Waals surface area contributed by atoms with E-state index in [1.807, 2.05) is 24.4 Å². The molecule has 0 atom stereocenters. The summed E-state index contributed by atoms with van der Waals surface area (Å²) in [6, 6.07) is 8.15. The summed E-state index contributed by atoms with van der Waals surface area (Å²) >= 11 is 8.94. The molecule has 6 heteroatoms. The van der Waals surface area contributed by atoms with Crippen molar-refractivity contribution >= 4 is 55.5 Å². The molecule has 0 aliphatic carbocycles. The predicted octanol–water partition coefficient (Wildman–Crippen LogP) is 4.50. The predicted molar refractivity (Wildman–Crippen MR) is 86.0 cm³/mol. The fraction of sp³-hybridized carbons (Fsp3) is 0.143. The molecular weight excluding hydrogens is 312 g/mol. The van der Waals surface area contributed by atoms with Gasteiger partial charge < -0.3 is 5.32 Å². The van der Waals surface area contributed by atoms with Crippen LogP contribution in [0, 0.1) is 6.92 Å². The fourth-order valence-electron chi connectivity index (χ4n) is 1.90. The van der Waals surface area contributed by atoms with Crippen LogP contribution in [0.2, 0.25) is 5.02 Å². The average Bonchev–Trinajstić information content (AvgIpc) is 3.00. The zero-order valence-electron chi connectivity index (χ0n) is 10.6. The van der Waals surface area contributed by atoms with Crippen molar-refractivity contribution in [2.45, 2.75) is 13.3 Å². The lowest BCUT2D eigenvalue weighted by atomic mass is 10.1. The summed E-state index contributed by atoms with van der Waals surface area (Å²) < 4.78 is 5.30. The maximum Gasteiger partial charge on any atom is 0.229 e. The highest BCUT2D eigenvalue weighted by Crippen LogP contribution is 2.29. The van der Waals surface area contributed by atoms with Gasteiger partial charge in [0.05, 0.1) is 17.1 Å². The summed E-state index contributed by atoms with van der Waals surface area (Å²) in [6.07, 6.45) is 0.334. The highest BCUT2D eigenvalue weighted by molar-refractivity contribution is 7.17. The van der Waals surface area contributed by atoms with E-state index in [1.165, 1.54) is 21.6 Å². The Bertz CT molecular complexity index is 778. The maximum absolute atomic E-state index is 12.0. The van der Waals surface area contributed by atoms with Gasteiger partial charge in [0.2, 0.25) is 5.91 Å². The molecule has 1 aromatic carbocycles. The van der Waals surface area contributed by atoms with Crippen molar-refractivity contribution in [3.8, 4) is 0 Å². The van der Waals surface area contributed by atoms with Crippen molar-refractivity contribution in [2.75, 3.05) is 5.32 Å². The summed E-state index contributed by atoms with van der Waals surface area (Å²) in [5, 5.41) is 7.21. The highest BCUT2D eigenvalue weighted by atomic mass is 35.5. The number of aryl methyl sites for hydroxylation is 1. The number of hydrogen-bond acceptors (Lipinski definition) is 4. The number of nitrogens with one attached hydrogen (secondary N) is 1. The second-order valence-corrected chi connectivity index (χ2v) is 6.53. The SMILES string of the molecule is Cc1nsc(NC(=O)Cc2ccc3ccsc3c2)c1Cl. The van der Waals surface area contributed by atoms with E-state index in [0.717, 1.165) is 11.3 Å². The first-order valence-electron chi connectivity index (χ1n) is 6.01. The Balaban J connectivity index is 1.73. The summed E-state index contributed by atoms with van der Waals surface area (Å²) in [7, 11) is 0. The van der Waals surface area contributed by atoms with Gasteiger partial charge in [0, 0.05) is 4.70 Å². The number of aromatic nitrogens is 1. The molecule has 102 valence electrons. The third kappa shape index (κ3) is 2.70. The van der Waals surface area contributed by atoms with Crippen molar-refractivity contribution in [1.29, 1.82) is 0 Å². The van der Waals surface area contributed by atoms with Gasteiger partial charge in [-0.1, -0.05) is 23.7 Å². The minimum absolute atomic E-state index is 0.0774. The molecule has 0 saturated carbocycles. The third-order valence-corrected chi connectivity index (χ3v) is 5.24. The van der Waals surface area contributed by atoms with Crippen molar-refractivity contribution in [3.63, 3.8) is 0 Å². The Hall–Kier alpha value is -1.43. The van der Waals surface area contributed by atoms with Crippen LogP contribution in [0.4, 0.5) is 5.00 Å². The van der Waals surface area contributed by atoms with Crippen LogP contribution in [0.1, 0.15) is 11.3 Å². The summed E-state index contributed by atoms with van der Waals surface area (Å²) in [5.74, 6) is -0.0774. The number of hydrogen-bond donors (Lipinski definition) is 1. The Morgan fingerprint density at radius 2 is 2.25 bits per heavy atom. The molecule has 0 aliphatic rings. The molecule has 0 saturated heterocycles. The Labute approximate surface area is 129 Å². The fourth-order valence-corrected chi connectivity index (χ4v) is 3.70. The number of rotatable bonds is 3. The lowest BCUT2D eigenvalue weighted by Crippen LogP contribution is -2.13. The van der Waals surface area contributed by atoms with Crippen molar-refractivity contribution in [2.24, 2.45) is 0 Å². The van der Waals surface area contributed by atoms with Crippen LogP contribution in [0.15, 0.2) is 29.6 Å². The Morgan fingerprint density at radius 3 is 3.00 bits per heavy atom. The van der Waals surface area contributed by atoms with E-state index in [4.69, 9.17) is 11.6 Å². The minimum Gasteiger partial charge on any atom is -0.315 e. The number of nitrogens with zero attached hydrogens (tertiary/aromatic N) is 1. The number of amides is 1. The van der Waals surface area contributed by atoms with Crippen LogP contribution in [-0.4, -0.2) is 10.3 Å². The summed E-state index contributed by atoms with van der Waals surface area (Å²) in [5.41, 5.74) is 1.74. The number of benzene rings is 1. The molecule has 0 bridgehead atoms. The molecular formula is C14H11ClN2OS2. The normalized spacial score (nSPS) is 10.9. The molecule has 0 spiro atoms. The zero-order valence-corrected chi connectivity index (χ0v) is 13.0. The van der Waals surface area contributed by atoms with Crippen molar-refractivity contribution in [3.05, 3.63) is 45.9 Å². The van der Waals surface area contributed by atoms with E-state index < -0.39 is 0 Å². The maximum atomic E-state index is 12.0. The molecule has 0 fully saturated rings. The Morgan fingerprint density at radius 1 is 1.40 bits per heavy atom. The van der Waals surface area contributed by atoms with Gasteiger partial charge in [-0.25, -0.2) is 0 Å². The van der Waals surface area contributed by atoms with E-state index in [2.05, 4.69) is 21.8 Å². The first kappa shape index (κ1) is 13.5. The zero-order chi connectivity index (χ0) is 14.1. The van der Waals surface area contributed by atoms with E-state index >= 15 is 0 Å². The molecule has 0 aliphatic heterocycles. The first-order chi connectivity index (χ1) is 9.63. The van der Waals surface area contributed by atoms with Crippen LogP contribution >= 0.6 is 34.5 Å². The molecule has 3 nitrogen and oxygen atoms in total. The van der Waals surface area contributed by atoms with Crippen molar-refractivity contribution in [1.82, 2.24) is 4.37 Å². The van der Waals surface area contributed by atoms with E-state index in [-0.39, 0.29) is 5.91 Å². The number of fused-ring (bicyclic) bond motifs is 1. The van der Waals surface area contributed by atoms with Gasteiger partial charge >= 0.3 is 0 Å². The lowest BCUT2D eigenvalue weighted by molar-refractivity contribution is -0.115. The van der Waals surface area contributed by atoms with Crippen LogP contribution in [0.5, 0.6) is 0 Å². The smallest absolute Gasteiger partial charge is 0.229 e. The molecule has 2 aromatic heterocycles.